The molecule has 7 nitrogen and oxygen atoms in total. The van der Waals surface area contributed by atoms with Crippen LogP contribution in [0.4, 0.5) is 11.6 Å². The lowest BCUT2D eigenvalue weighted by atomic mass is 10.2. The number of carbonyl (C=O) groups is 1. The Hall–Kier alpha value is -2.83. The number of nitrogen functional groups attached to an aromatic ring is 1. The van der Waals surface area contributed by atoms with Crippen molar-refractivity contribution in [3.8, 4) is 5.75 Å². The van der Waals surface area contributed by atoms with Crippen LogP contribution >= 0.6 is 0 Å². The maximum Gasteiger partial charge on any atom is 0.255 e. The third kappa shape index (κ3) is 3.43. The average Bonchev–Trinajstić information content (AvgIpc) is 2.43. The van der Waals surface area contributed by atoms with Gasteiger partial charge in [-0.05, 0) is 31.5 Å². The summed E-state index contributed by atoms with van der Waals surface area (Å²) in [4.78, 5) is 28.0. The quantitative estimate of drug-likeness (QED) is 0.880. The number of nitrogens with zero attached hydrogens (tertiary/aromatic N) is 2. The lowest BCUT2D eigenvalue weighted by Gasteiger charge is -2.12. The van der Waals surface area contributed by atoms with Crippen LogP contribution in [0.2, 0.25) is 0 Å². The fourth-order valence-electron chi connectivity index (χ4n) is 2.05. The number of aryl methyl sites for hydroxylation is 2. The van der Waals surface area contributed by atoms with Gasteiger partial charge in [0.1, 0.15) is 12.3 Å². The summed E-state index contributed by atoms with van der Waals surface area (Å²) in [7, 11) is 1.52. The van der Waals surface area contributed by atoms with Gasteiger partial charge in [0.15, 0.2) is 0 Å². The molecule has 0 atom stereocenters. The number of rotatable bonds is 4. The Balaban J connectivity index is 2.21. The maximum absolute atomic E-state index is 12.1. The van der Waals surface area contributed by atoms with Gasteiger partial charge < -0.3 is 15.8 Å². The van der Waals surface area contributed by atoms with Crippen LogP contribution < -0.4 is 21.3 Å². The lowest BCUT2D eigenvalue weighted by molar-refractivity contribution is -0.116. The van der Waals surface area contributed by atoms with Crippen molar-refractivity contribution in [1.29, 1.82) is 0 Å². The molecule has 2 aromatic rings. The number of methoxy groups -OCH3 is 1. The second-order valence-electron chi connectivity index (χ2n) is 4.93. The van der Waals surface area contributed by atoms with E-state index in [1.54, 1.807) is 19.1 Å². The van der Waals surface area contributed by atoms with Gasteiger partial charge in [-0.25, -0.2) is 4.98 Å². The first-order chi connectivity index (χ1) is 10.4. The van der Waals surface area contributed by atoms with Gasteiger partial charge in [-0.2, -0.15) is 0 Å². The van der Waals surface area contributed by atoms with Crippen molar-refractivity contribution in [2.45, 2.75) is 20.4 Å². The van der Waals surface area contributed by atoms with Crippen molar-refractivity contribution in [1.82, 2.24) is 9.55 Å². The number of anilines is 2. The fraction of sp³-hybridized carbons (Fsp3) is 0.267. The van der Waals surface area contributed by atoms with Gasteiger partial charge in [0.05, 0.1) is 12.8 Å². The molecule has 0 aliphatic heterocycles. The molecule has 22 heavy (non-hydrogen) atoms. The maximum atomic E-state index is 12.1. The summed E-state index contributed by atoms with van der Waals surface area (Å²) in [6.45, 7) is 3.36. The zero-order valence-corrected chi connectivity index (χ0v) is 12.7. The van der Waals surface area contributed by atoms with Crippen LogP contribution in [0.1, 0.15) is 11.3 Å². The van der Waals surface area contributed by atoms with Crippen LogP contribution in [0.15, 0.2) is 29.1 Å². The molecule has 3 N–H and O–H groups in total. The molecule has 0 aliphatic carbocycles. The molecule has 0 aliphatic rings. The van der Waals surface area contributed by atoms with Gasteiger partial charge in [-0.1, -0.05) is 6.07 Å². The van der Waals surface area contributed by atoms with E-state index in [9.17, 15) is 9.59 Å². The van der Waals surface area contributed by atoms with Crippen LogP contribution in [0.5, 0.6) is 5.75 Å². The van der Waals surface area contributed by atoms with Gasteiger partial charge in [-0.15, -0.1) is 0 Å². The van der Waals surface area contributed by atoms with Crippen LogP contribution in [-0.4, -0.2) is 22.6 Å². The highest BCUT2D eigenvalue weighted by atomic mass is 16.5. The zero-order chi connectivity index (χ0) is 16.3. The molecule has 0 fully saturated rings. The SMILES string of the molecule is COc1ccc(C)cc1NC(=O)Cn1c(N)nc(C)cc1=O. The summed E-state index contributed by atoms with van der Waals surface area (Å²) in [5.41, 5.74) is 7.36. The van der Waals surface area contributed by atoms with Crippen molar-refractivity contribution >= 4 is 17.5 Å². The van der Waals surface area contributed by atoms with E-state index in [2.05, 4.69) is 10.3 Å². The van der Waals surface area contributed by atoms with Crippen molar-refractivity contribution in [2.75, 3.05) is 18.2 Å². The van der Waals surface area contributed by atoms with Crippen molar-refractivity contribution in [3.63, 3.8) is 0 Å². The molecule has 1 heterocycles. The van der Waals surface area contributed by atoms with E-state index in [1.807, 2.05) is 13.0 Å². The average molecular weight is 302 g/mol. The first-order valence-corrected chi connectivity index (χ1v) is 6.69. The van der Waals surface area contributed by atoms with Gasteiger partial charge in [0, 0.05) is 11.8 Å². The van der Waals surface area contributed by atoms with E-state index in [-0.39, 0.29) is 24.0 Å². The molecule has 0 unspecified atom stereocenters. The molecule has 2 rings (SSSR count). The molecule has 116 valence electrons. The minimum absolute atomic E-state index is 0.0105. The second-order valence-corrected chi connectivity index (χ2v) is 4.93. The summed E-state index contributed by atoms with van der Waals surface area (Å²) in [5.74, 6) is 0.168. The Labute approximate surface area is 127 Å². The number of carbonyl (C=O) groups excluding carboxylic acids is 1. The number of nitrogens with one attached hydrogen (secondary N) is 1. The van der Waals surface area contributed by atoms with E-state index >= 15 is 0 Å². The molecule has 1 aromatic carbocycles. The minimum Gasteiger partial charge on any atom is -0.495 e. The van der Waals surface area contributed by atoms with Gasteiger partial charge >= 0.3 is 0 Å². The van der Waals surface area contributed by atoms with Crippen LogP contribution in [0.25, 0.3) is 0 Å². The molecule has 0 saturated heterocycles. The van der Waals surface area contributed by atoms with Crippen molar-refractivity contribution < 1.29 is 9.53 Å². The Kier molecular flexibility index (Phi) is 4.45. The molecular formula is C15H18N4O3. The number of ether oxygens (including phenoxy) is 1. The second kappa shape index (κ2) is 6.30. The highest BCUT2D eigenvalue weighted by Crippen LogP contribution is 2.25. The standard InChI is InChI=1S/C15H18N4O3/c1-9-4-5-12(22-3)11(6-9)18-13(20)8-19-14(21)7-10(2)17-15(19)16/h4-7H,8H2,1-3H3,(H2,16,17)(H,18,20). The predicted octanol–water partition coefficient (Wildman–Crippen LogP) is 1.09. The monoisotopic (exact) mass is 302 g/mol. The Bertz CT molecular complexity index is 768. The molecule has 1 amide bonds. The molecule has 0 radical (unpaired) electrons. The largest absolute Gasteiger partial charge is 0.495 e. The number of aromatic nitrogens is 2. The van der Waals surface area contributed by atoms with E-state index in [4.69, 9.17) is 10.5 Å². The summed E-state index contributed by atoms with van der Waals surface area (Å²) in [5, 5.41) is 2.71. The Morgan fingerprint density at radius 1 is 1.36 bits per heavy atom. The number of benzene rings is 1. The molecule has 7 heteroatoms. The topological polar surface area (TPSA) is 99.2 Å². The van der Waals surface area contributed by atoms with E-state index in [0.717, 1.165) is 10.1 Å². The number of nitrogens with two attached hydrogens (primary N) is 1. The summed E-state index contributed by atoms with van der Waals surface area (Å²) in [6, 6.07) is 6.76. The Morgan fingerprint density at radius 3 is 2.73 bits per heavy atom. The minimum atomic E-state index is -0.386. The fourth-order valence-corrected chi connectivity index (χ4v) is 2.05. The van der Waals surface area contributed by atoms with Crippen LogP contribution in [0.3, 0.4) is 0 Å². The molecule has 1 aromatic heterocycles. The zero-order valence-electron chi connectivity index (χ0n) is 12.7. The first kappa shape index (κ1) is 15.6. The number of hydrogen-bond donors (Lipinski definition) is 2. The molecule has 0 spiro atoms. The summed E-state index contributed by atoms with van der Waals surface area (Å²) in [6.07, 6.45) is 0. The summed E-state index contributed by atoms with van der Waals surface area (Å²) >= 11 is 0. The van der Waals surface area contributed by atoms with E-state index in [0.29, 0.717) is 17.1 Å². The first-order valence-electron chi connectivity index (χ1n) is 6.69. The van der Waals surface area contributed by atoms with Crippen molar-refractivity contribution in [3.05, 3.63) is 45.9 Å². The summed E-state index contributed by atoms with van der Waals surface area (Å²) < 4.78 is 6.31. The highest BCUT2D eigenvalue weighted by molar-refractivity contribution is 5.92. The third-order valence-corrected chi connectivity index (χ3v) is 3.10. The number of amides is 1. The van der Waals surface area contributed by atoms with Gasteiger partial charge in [0.25, 0.3) is 5.56 Å². The Morgan fingerprint density at radius 2 is 2.09 bits per heavy atom. The smallest absolute Gasteiger partial charge is 0.255 e. The lowest BCUT2D eigenvalue weighted by Crippen LogP contribution is -2.30. The normalized spacial score (nSPS) is 10.3. The molecule has 0 bridgehead atoms. The van der Waals surface area contributed by atoms with Gasteiger partial charge in [0.2, 0.25) is 11.9 Å². The number of hydrogen-bond acceptors (Lipinski definition) is 5. The molecular weight excluding hydrogens is 284 g/mol. The van der Waals surface area contributed by atoms with Crippen molar-refractivity contribution in [2.24, 2.45) is 0 Å². The molecule has 0 saturated carbocycles. The van der Waals surface area contributed by atoms with Crippen LogP contribution in [0, 0.1) is 13.8 Å². The third-order valence-electron chi connectivity index (χ3n) is 3.10. The van der Waals surface area contributed by atoms with E-state index < -0.39 is 0 Å². The van der Waals surface area contributed by atoms with E-state index in [1.165, 1.54) is 13.2 Å². The van der Waals surface area contributed by atoms with Crippen LogP contribution in [-0.2, 0) is 11.3 Å². The van der Waals surface area contributed by atoms with Gasteiger partial charge in [-0.3, -0.25) is 14.2 Å². The highest BCUT2D eigenvalue weighted by Gasteiger charge is 2.11. The predicted molar refractivity (Wildman–Crippen MR) is 84.0 cm³/mol.